The molecule has 4 rings (SSSR count). The summed E-state index contributed by atoms with van der Waals surface area (Å²) >= 11 is 0. The van der Waals surface area contributed by atoms with E-state index in [-0.39, 0.29) is 0 Å². The quantitative estimate of drug-likeness (QED) is 0.849. The van der Waals surface area contributed by atoms with Crippen LogP contribution in [0.15, 0.2) is 48.5 Å². The van der Waals surface area contributed by atoms with Crippen LogP contribution in [0.3, 0.4) is 0 Å². The topological polar surface area (TPSA) is 15.3 Å². The number of benzene rings is 2. The molecule has 0 spiro atoms. The summed E-state index contributed by atoms with van der Waals surface area (Å²) in [4.78, 5) is 2.46. The Bertz CT molecular complexity index is 621. The third kappa shape index (κ3) is 1.83. The van der Waals surface area contributed by atoms with Crippen LogP contribution in [0.1, 0.15) is 28.5 Å². The molecule has 2 aliphatic rings. The smallest absolute Gasteiger partial charge is 0.0379 e. The van der Waals surface area contributed by atoms with Gasteiger partial charge in [-0.25, -0.2) is 0 Å². The minimum absolute atomic E-state index is 0.582. The van der Waals surface area contributed by atoms with E-state index in [1.165, 1.54) is 16.8 Å². The molecule has 0 bridgehead atoms. The van der Waals surface area contributed by atoms with Crippen LogP contribution in [0.5, 0.6) is 0 Å². The second kappa shape index (κ2) is 4.64. The molecule has 102 valence electrons. The summed E-state index contributed by atoms with van der Waals surface area (Å²) in [6, 6.07) is 17.7. The zero-order chi connectivity index (χ0) is 13.5. The third-order valence-corrected chi connectivity index (χ3v) is 4.74. The zero-order valence-corrected chi connectivity index (χ0v) is 11.8. The highest BCUT2D eigenvalue weighted by atomic mass is 15.1. The molecule has 0 fully saturated rings. The van der Waals surface area contributed by atoms with E-state index in [2.05, 4.69) is 65.8 Å². The van der Waals surface area contributed by atoms with Gasteiger partial charge < -0.3 is 10.2 Å². The molecule has 2 nitrogen and oxygen atoms in total. The van der Waals surface area contributed by atoms with Gasteiger partial charge in [-0.3, -0.25) is 0 Å². The second-order valence-electron chi connectivity index (χ2n) is 6.08. The van der Waals surface area contributed by atoms with Crippen molar-refractivity contribution in [1.29, 1.82) is 0 Å². The van der Waals surface area contributed by atoms with Gasteiger partial charge in [0.2, 0.25) is 0 Å². The molecule has 2 aliphatic heterocycles. The third-order valence-electron chi connectivity index (χ3n) is 4.74. The Morgan fingerprint density at radius 1 is 1.00 bits per heavy atom. The van der Waals surface area contributed by atoms with E-state index in [1.807, 2.05) is 0 Å². The summed E-state index contributed by atoms with van der Waals surface area (Å²) in [5, 5.41) is 3.61. The minimum atomic E-state index is 0.582. The standard InChI is InChI=1S/C18H20N2/c1-20-11-14-8-5-9-17-18(14)15(10-19-17)16(12-20)13-6-3-2-4-7-13/h2-9,15-16,19H,10-12H2,1H3/t15-,16-/m0/s1. The van der Waals surface area contributed by atoms with Crippen LogP contribution in [-0.2, 0) is 6.54 Å². The Balaban J connectivity index is 1.83. The lowest BCUT2D eigenvalue weighted by Gasteiger charge is -2.25. The fourth-order valence-electron chi connectivity index (χ4n) is 3.86. The predicted octanol–water partition coefficient (Wildman–Crippen LogP) is 3.42. The maximum atomic E-state index is 3.61. The molecule has 20 heavy (non-hydrogen) atoms. The normalized spacial score (nSPS) is 24.9. The highest BCUT2D eigenvalue weighted by molar-refractivity contribution is 5.62. The lowest BCUT2D eigenvalue weighted by Crippen LogP contribution is -2.25. The van der Waals surface area contributed by atoms with Crippen molar-refractivity contribution in [2.24, 2.45) is 0 Å². The molecule has 2 heterocycles. The maximum absolute atomic E-state index is 3.61. The fourth-order valence-corrected chi connectivity index (χ4v) is 3.86. The zero-order valence-electron chi connectivity index (χ0n) is 11.8. The Labute approximate surface area is 120 Å². The molecule has 0 radical (unpaired) electrons. The van der Waals surface area contributed by atoms with Crippen LogP contribution in [-0.4, -0.2) is 25.0 Å². The van der Waals surface area contributed by atoms with Gasteiger partial charge in [0, 0.05) is 37.2 Å². The summed E-state index contributed by atoms with van der Waals surface area (Å²) in [6.45, 7) is 3.26. The summed E-state index contributed by atoms with van der Waals surface area (Å²) < 4.78 is 0. The Morgan fingerprint density at radius 2 is 1.85 bits per heavy atom. The van der Waals surface area contributed by atoms with Gasteiger partial charge in [0.15, 0.2) is 0 Å². The van der Waals surface area contributed by atoms with E-state index in [9.17, 15) is 0 Å². The van der Waals surface area contributed by atoms with Crippen LogP contribution in [0.2, 0.25) is 0 Å². The molecule has 2 atom stereocenters. The molecule has 2 heteroatoms. The summed E-state index contributed by atoms with van der Waals surface area (Å²) in [6.07, 6.45) is 0. The van der Waals surface area contributed by atoms with Crippen molar-refractivity contribution in [3.8, 4) is 0 Å². The SMILES string of the molecule is CN1Cc2cccc3c2[C@@H](CN3)[C@H](c2ccccc2)C1. The highest BCUT2D eigenvalue weighted by Gasteiger charge is 2.35. The summed E-state index contributed by atoms with van der Waals surface area (Å²) in [7, 11) is 2.24. The first-order chi connectivity index (χ1) is 9.83. The lowest BCUT2D eigenvalue weighted by atomic mass is 9.82. The molecule has 1 N–H and O–H groups in total. The van der Waals surface area contributed by atoms with Gasteiger partial charge in [0.25, 0.3) is 0 Å². The van der Waals surface area contributed by atoms with E-state index in [0.29, 0.717) is 11.8 Å². The van der Waals surface area contributed by atoms with Crippen LogP contribution in [0, 0.1) is 0 Å². The van der Waals surface area contributed by atoms with E-state index >= 15 is 0 Å². The van der Waals surface area contributed by atoms with Gasteiger partial charge >= 0.3 is 0 Å². The average molecular weight is 264 g/mol. The Hall–Kier alpha value is -1.80. The van der Waals surface area contributed by atoms with Crippen molar-refractivity contribution in [2.45, 2.75) is 18.4 Å². The van der Waals surface area contributed by atoms with E-state index in [1.54, 1.807) is 5.56 Å². The van der Waals surface area contributed by atoms with Crippen LogP contribution >= 0.6 is 0 Å². The van der Waals surface area contributed by atoms with Gasteiger partial charge in [0.05, 0.1) is 0 Å². The number of rotatable bonds is 1. The number of hydrogen-bond acceptors (Lipinski definition) is 2. The van der Waals surface area contributed by atoms with Crippen LogP contribution < -0.4 is 5.32 Å². The number of likely N-dealkylation sites (N-methyl/N-ethyl adjacent to an activating group) is 1. The molecule has 2 aromatic carbocycles. The van der Waals surface area contributed by atoms with Crippen molar-refractivity contribution < 1.29 is 0 Å². The number of anilines is 1. The molecule has 0 unspecified atom stereocenters. The molecule has 0 saturated heterocycles. The Kier molecular flexibility index (Phi) is 2.78. The fraction of sp³-hybridized carbons (Fsp3) is 0.333. The van der Waals surface area contributed by atoms with Crippen molar-refractivity contribution in [3.63, 3.8) is 0 Å². The minimum Gasteiger partial charge on any atom is -0.384 e. The first-order valence-corrected chi connectivity index (χ1v) is 7.42. The van der Waals surface area contributed by atoms with Crippen LogP contribution in [0.4, 0.5) is 5.69 Å². The molecular formula is C18H20N2. The number of hydrogen-bond donors (Lipinski definition) is 1. The van der Waals surface area contributed by atoms with E-state index in [0.717, 1.165) is 19.6 Å². The van der Waals surface area contributed by atoms with E-state index < -0.39 is 0 Å². The molecule has 0 amide bonds. The number of nitrogens with one attached hydrogen (secondary N) is 1. The maximum Gasteiger partial charge on any atom is 0.0379 e. The largest absolute Gasteiger partial charge is 0.384 e. The van der Waals surface area contributed by atoms with E-state index in [4.69, 9.17) is 0 Å². The van der Waals surface area contributed by atoms with Gasteiger partial charge in [0.1, 0.15) is 0 Å². The molecule has 0 aliphatic carbocycles. The summed E-state index contributed by atoms with van der Waals surface area (Å²) in [5.41, 5.74) is 5.88. The monoisotopic (exact) mass is 264 g/mol. The van der Waals surface area contributed by atoms with Crippen molar-refractivity contribution >= 4 is 5.69 Å². The van der Waals surface area contributed by atoms with Crippen molar-refractivity contribution in [3.05, 3.63) is 65.2 Å². The van der Waals surface area contributed by atoms with Crippen molar-refractivity contribution in [1.82, 2.24) is 4.90 Å². The first-order valence-electron chi connectivity index (χ1n) is 7.42. The van der Waals surface area contributed by atoms with Crippen LogP contribution in [0.25, 0.3) is 0 Å². The number of nitrogens with zero attached hydrogens (tertiary/aromatic N) is 1. The lowest BCUT2D eigenvalue weighted by molar-refractivity contribution is 0.303. The van der Waals surface area contributed by atoms with Gasteiger partial charge in [-0.15, -0.1) is 0 Å². The average Bonchev–Trinajstić information content (AvgIpc) is 2.84. The molecule has 0 saturated carbocycles. The van der Waals surface area contributed by atoms with Crippen molar-refractivity contribution in [2.75, 3.05) is 25.5 Å². The van der Waals surface area contributed by atoms with Gasteiger partial charge in [-0.05, 0) is 29.8 Å². The van der Waals surface area contributed by atoms with Gasteiger partial charge in [-0.2, -0.15) is 0 Å². The summed E-state index contributed by atoms with van der Waals surface area (Å²) in [5.74, 6) is 1.19. The molecular weight excluding hydrogens is 244 g/mol. The van der Waals surface area contributed by atoms with Gasteiger partial charge in [-0.1, -0.05) is 42.5 Å². The molecule has 2 aromatic rings. The second-order valence-corrected chi connectivity index (χ2v) is 6.08. The predicted molar refractivity (Wildman–Crippen MR) is 83.2 cm³/mol. The highest BCUT2D eigenvalue weighted by Crippen LogP contribution is 2.45. The molecule has 0 aromatic heterocycles. The first kappa shape index (κ1) is 12.0. The Morgan fingerprint density at radius 3 is 2.70 bits per heavy atom.